The maximum absolute atomic E-state index is 13.7. The highest BCUT2D eigenvalue weighted by Gasteiger charge is 2.50. The van der Waals surface area contributed by atoms with Gasteiger partial charge in [-0.25, -0.2) is 9.78 Å². The summed E-state index contributed by atoms with van der Waals surface area (Å²) in [6.07, 6.45) is 5.44. The van der Waals surface area contributed by atoms with Crippen LogP contribution in [0.15, 0.2) is 30.6 Å². The lowest BCUT2D eigenvalue weighted by molar-refractivity contribution is -0.127. The summed E-state index contributed by atoms with van der Waals surface area (Å²) >= 11 is 0. The lowest BCUT2D eigenvalue weighted by atomic mass is 9.92. The van der Waals surface area contributed by atoms with Crippen LogP contribution in [-0.2, 0) is 16.1 Å². The summed E-state index contributed by atoms with van der Waals surface area (Å²) in [6.45, 7) is 4.31. The third kappa shape index (κ3) is 3.72. The number of hydrogen-bond acceptors (Lipinski definition) is 6. The quantitative estimate of drug-likeness (QED) is 0.693. The number of ether oxygens (including phenoxy) is 2. The Morgan fingerprint density at radius 3 is 2.53 bits per heavy atom. The van der Waals surface area contributed by atoms with Crippen LogP contribution in [0.1, 0.15) is 60.5 Å². The molecule has 170 valence electrons. The van der Waals surface area contributed by atoms with Crippen molar-refractivity contribution in [2.24, 2.45) is 0 Å². The molecule has 32 heavy (non-hydrogen) atoms. The summed E-state index contributed by atoms with van der Waals surface area (Å²) in [6, 6.07) is 7.11. The number of benzene rings is 1. The van der Waals surface area contributed by atoms with Crippen molar-refractivity contribution in [1.82, 2.24) is 14.9 Å². The van der Waals surface area contributed by atoms with Gasteiger partial charge in [-0.1, -0.05) is 12.8 Å². The Morgan fingerprint density at radius 2 is 1.91 bits per heavy atom. The zero-order chi connectivity index (χ0) is 22.9. The zero-order valence-electron chi connectivity index (χ0n) is 18.6. The second-order valence-electron chi connectivity index (χ2n) is 8.36. The summed E-state index contributed by atoms with van der Waals surface area (Å²) in [5.41, 5.74) is -0.636. The van der Waals surface area contributed by atoms with Crippen molar-refractivity contribution < 1.29 is 23.9 Å². The second-order valence-corrected chi connectivity index (χ2v) is 8.36. The van der Waals surface area contributed by atoms with Crippen molar-refractivity contribution in [3.05, 3.63) is 42.0 Å². The summed E-state index contributed by atoms with van der Waals surface area (Å²) in [4.78, 5) is 45.0. The van der Waals surface area contributed by atoms with Gasteiger partial charge in [0.15, 0.2) is 5.69 Å². The first-order valence-corrected chi connectivity index (χ1v) is 10.9. The standard InChI is InChI=1S/C23H28N4O5/c1-4-32-17-11-9-16(10-12-17)27-20(28)19-18(21(29)31-3)24-14-26(19)13-23(27,2)22(30)25-15-7-5-6-8-15/h9-12,14-15H,4-8,13H2,1-3H3,(H,25,30). The molecule has 9 heteroatoms. The van der Waals surface area contributed by atoms with E-state index in [4.69, 9.17) is 9.47 Å². The number of anilines is 1. The molecule has 0 radical (unpaired) electrons. The molecule has 1 aromatic carbocycles. The van der Waals surface area contributed by atoms with E-state index < -0.39 is 17.4 Å². The SMILES string of the molecule is CCOc1ccc(N2C(=O)c3c(C(=O)OC)ncn3CC2(C)C(=O)NC2CCCC2)cc1. The zero-order valence-corrected chi connectivity index (χ0v) is 18.6. The normalized spacial score (nSPS) is 20.7. The summed E-state index contributed by atoms with van der Waals surface area (Å²) in [7, 11) is 1.24. The van der Waals surface area contributed by atoms with Crippen molar-refractivity contribution in [1.29, 1.82) is 0 Å². The van der Waals surface area contributed by atoms with Gasteiger partial charge in [-0.05, 0) is 51.0 Å². The highest BCUT2D eigenvalue weighted by molar-refractivity contribution is 6.15. The highest BCUT2D eigenvalue weighted by Crippen LogP contribution is 2.35. The molecular formula is C23H28N4O5. The van der Waals surface area contributed by atoms with E-state index in [2.05, 4.69) is 10.3 Å². The van der Waals surface area contributed by atoms with Crippen LogP contribution in [0.5, 0.6) is 5.75 Å². The van der Waals surface area contributed by atoms with Gasteiger partial charge in [0.25, 0.3) is 5.91 Å². The van der Waals surface area contributed by atoms with Crippen molar-refractivity contribution >= 4 is 23.5 Å². The van der Waals surface area contributed by atoms with Gasteiger partial charge >= 0.3 is 5.97 Å². The topological polar surface area (TPSA) is 103 Å². The van der Waals surface area contributed by atoms with E-state index in [0.717, 1.165) is 25.7 Å². The Balaban J connectivity index is 1.77. The van der Waals surface area contributed by atoms with Crippen LogP contribution >= 0.6 is 0 Å². The summed E-state index contributed by atoms with van der Waals surface area (Å²) < 4.78 is 11.9. The molecule has 2 aliphatic rings. The first kappa shape index (κ1) is 21.9. The van der Waals surface area contributed by atoms with E-state index in [1.165, 1.54) is 18.3 Å². The van der Waals surface area contributed by atoms with E-state index in [9.17, 15) is 14.4 Å². The number of rotatable bonds is 6. The Morgan fingerprint density at radius 1 is 1.22 bits per heavy atom. The fourth-order valence-electron chi connectivity index (χ4n) is 4.55. The number of carbonyl (C=O) groups is 3. The lowest BCUT2D eigenvalue weighted by Gasteiger charge is -2.44. The number of nitrogens with one attached hydrogen (secondary N) is 1. The third-order valence-corrected chi connectivity index (χ3v) is 6.18. The number of hydrogen-bond donors (Lipinski definition) is 1. The molecule has 1 aromatic heterocycles. The first-order chi connectivity index (χ1) is 15.4. The predicted molar refractivity (Wildman–Crippen MR) is 117 cm³/mol. The van der Waals surface area contributed by atoms with Gasteiger partial charge in [-0.2, -0.15) is 0 Å². The van der Waals surface area contributed by atoms with E-state index >= 15 is 0 Å². The molecule has 1 aliphatic carbocycles. The molecule has 4 rings (SSSR count). The molecule has 1 saturated carbocycles. The van der Waals surface area contributed by atoms with E-state index in [1.807, 2.05) is 6.92 Å². The van der Waals surface area contributed by atoms with Gasteiger partial charge < -0.3 is 19.4 Å². The molecule has 1 aliphatic heterocycles. The van der Waals surface area contributed by atoms with Crippen molar-refractivity contribution in [2.75, 3.05) is 18.6 Å². The fraction of sp³-hybridized carbons (Fsp3) is 0.478. The number of methoxy groups -OCH3 is 1. The fourth-order valence-corrected chi connectivity index (χ4v) is 4.55. The number of imidazole rings is 1. The van der Waals surface area contributed by atoms with Gasteiger partial charge in [0.2, 0.25) is 5.91 Å². The highest BCUT2D eigenvalue weighted by atomic mass is 16.5. The number of aromatic nitrogens is 2. The van der Waals surface area contributed by atoms with Crippen molar-refractivity contribution in [3.63, 3.8) is 0 Å². The summed E-state index contributed by atoms with van der Waals surface area (Å²) in [5, 5.41) is 3.13. The minimum absolute atomic E-state index is 0.0633. The molecule has 9 nitrogen and oxygen atoms in total. The Hall–Kier alpha value is -3.36. The molecule has 2 heterocycles. The number of nitrogens with zero attached hydrogens (tertiary/aromatic N) is 3. The monoisotopic (exact) mass is 440 g/mol. The van der Waals surface area contributed by atoms with E-state index in [1.54, 1.807) is 35.8 Å². The smallest absolute Gasteiger partial charge is 0.359 e. The lowest BCUT2D eigenvalue weighted by Crippen LogP contribution is -2.65. The Labute approximate surface area is 186 Å². The van der Waals surface area contributed by atoms with Gasteiger partial charge in [0, 0.05) is 11.7 Å². The van der Waals surface area contributed by atoms with Crippen LogP contribution in [0.25, 0.3) is 0 Å². The van der Waals surface area contributed by atoms with E-state index in [0.29, 0.717) is 18.0 Å². The van der Waals surface area contributed by atoms with Gasteiger partial charge in [0.1, 0.15) is 17.0 Å². The summed E-state index contributed by atoms with van der Waals surface area (Å²) in [5.74, 6) is -0.746. The molecule has 0 spiro atoms. The van der Waals surface area contributed by atoms with Crippen LogP contribution in [0.3, 0.4) is 0 Å². The van der Waals surface area contributed by atoms with Crippen LogP contribution in [0, 0.1) is 0 Å². The third-order valence-electron chi connectivity index (χ3n) is 6.18. The van der Waals surface area contributed by atoms with Crippen LogP contribution in [0.4, 0.5) is 5.69 Å². The molecule has 1 fully saturated rings. The Kier molecular flexibility index (Phi) is 5.90. The molecule has 0 bridgehead atoms. The minimum Gasteiger partial charge on any atom is -0.494 e. The molecule has 1 unspecified atom stereocenters. The number of esters is 1. The van der Waals surface area contributed by atoms with E-state index in [-0.39, 0.29) is 29.9 Å². The van der Waals surface area contributed by atoms with Crippen LogP contribution in [-0.4, -0.2) is 52.6 Å². The maximum atomic E-state index is 13.7. The first-order valence-electron chi connectivity index (χ1n) is 10.9. The molecule has 2 aromatic rings. The van der Waals surface area contributed by atoms with Gasteiger partial charge in [-0.3, -0.25) is 14.5 Å². The second kappa shape index (κ2) is 8.64. The van der Waals surface area contributed by atoms with Gasteiger partial charge in [-0.15, -0.1) is 0 Å². The molecule has 1 N–H and O–H groups in total. The number of fused-ring (bicyclic) bond motifs is 1. The number of amides is 2. The number of carbonyl (C=O) groups excluding carboxylic acids is 3. The molecular weight excluding hydrogens is 412 g/mol. The largest absolute Gasteiger partial charge is 0.494 e. The molecule has 0 saturated heterocycles. The van der Waals surface area contributed by atoms with Crippen molar-refractivity contribution in [3.8, 4) is 5.75 Å². The van der Waals surface area contributed by atoms with Gasteiger partial charge in [0.05, 0.1) is 26.6 Å². The van der Waals surface area contributed by atoms with Crippen LogP contribution < -0.4 is 15.0 Å². The molecule has 1 atom stereocenters. The van der Waals surface area contributed by atoms with Crippen molar-refractivity contribution in [2.45, 2.75) is 57.7 Å². The molecule has 2 amide bonds. The Bertz CT molecular complexity index is 1030. The predicted octanol–water partition coefficient (Wildman–Crippen LogP) is 2.55. The average Bonchev–Trinajstić information content (AvgIpc) is 3.44. The maximum Gasteiger partial charge on any atom is 0.359 e. The minimum atomic E-state index is -1.21. The van der Waals surface area contributed by atoms with Crippen LogP contribution in [0.2, 0.25) is 0 Å². The average molecular weight is 441 g/mol.